The molecule has 0 N–H and O–H groups in total. The number of carbonyl (C=O) groups excluding carboxylic acids is 2. The molecule has 0 saturated carbocycles. The van der Waals surface area contributed by atoms with Crippen LogP contribution in [-0.4, -0.2) is 44.8 Å². The van der Waals surface area contributed by atoms with Gasteiger partial charge < -0.3 is 18.8 Å². The Bertz CT molecular complexity index is 1060. The van der Waals surface area contributed by atoms with E-state index in [2.05, 4.69) is 4.57 Å². The number of hydrogen-bond acceptors (Lipinski definition) is 3. The first-order valence-electron chi connectivity index (χ1n) is 10.3. The molecule has 0 aliphatic carbocycles. The van der Waals surface area contributed by atoms with Crippen LogP contribution < -0.4 is 0 Å². The summed E-state index contributed by atoms with van der Waals surface area (Å²) in [6, 6.07) is 14.7. The van der Waals surface area contributed by atoms with Gasteiger partial charge in [-0.15, -0.1) is 0 Å². The Morgan fingerprint density at radius 2 is 1.84 bits per heavy atom. The molecule has 1 aromatic carbocycles. The lowest BCUT2D eigenvalue weighted by Gasteiger charge is -2.40. The van der Waals surface area contributed by atoms with Crippen molar-refractivity contribution in [3.63, 3.8) is 0 Å². The van der Waals surface area contributed by atoms with E-state index in [4.69, 9.17) is 16.0 Å². The van der Waals surface area contributed by atoms with Crippen LogP contribution in [0, 0.1) is 0 Å². The average molecular weight is 440 g/mol. The third-order valence-corrected chi connectivity index (χ3v) is 5.88. The summed E-state index contributed by atoms with van der Waals surface area (Å²) in [7, 11) is 0. The van der Waals surface area contributed by atoms with Gasteiger partial charge in [0.05, 0.1) is 12.3 Å². The minimum Gasteiger partial charge on any atom is -0.459 e. The predicted molar refractivity (Wildman–Crippen MR) is 119 cm³/mol. The van der Waals surface area contributed by atoms with Gasteiger partial charge in [0, 0.05) is 35.5 Å². The van der Waals surface area contributed by atoms with E-state index >= 15 is 0 Å². The third-order valence-electron chi connectivity index (χ3n) is 5.62. The molecule has 0 spiro atoms. The number of aromatic nitrogens is 1. The van der Waals surface area contributed by atoms with E-state index < -0.39 is 5.54 Å². The summed E-state index contributed by atoms with van der Waals surface area (Å²) in [4.78, 5) is 30.1. The highest BCUT2D eigenvalue weighted by molar-refractivity contribution is 6.30. The molecule has 2 amide bonds. The summed E-state index contributed by atoms with van der Waals surface area (Å²) in [5.74, 6) is -0.180. The van der Waals surface area contributed by atoms with Crippen molar-refractivity contribution in [1.29, 1.82) is 0 Å². The molecule has 1 atom stereocenters. The van der Waals surface area contributed by atoms with Crippen LogP contribution in [0.4, 0.5) is 0 Å². The lowest BCUT2D eigenvalue weighted by atomic mass is 9.99. The van der Waals surface area contributed by atoms with Crippen LogP contribution in [0.2, 0.25) is 5.02 Å². The zero-order valence-corrected chi connectivity index (χ0v) is 18.7. The number of fused-ring (bicyclic) bond motifs is 1. The molecule has 31 heavy (non-hydrogen) atoms. The van der Waals surface area contributed by atoms with Crippen molar-refractivity contribution >= 4 is 23.4 Å². The van der Waals surface area contributed by atoms with Crippen molar-refractivity contribution in [3.8, 4) is 0 Å². The second kappa shape index (κ2) is 8.27. The van der Waals surface area contributed by atoms with E-state index in [1.54, 1.807) is 17.0 Å². The van der Waals surface area contributed by atoms with Crippen molar-refractivity contribution in [2.45, 2.75) is 38.9 Å². The first-order valence-corrected chi connectivity index (χ1v) is 10.7. The zero-order valence-electron chi connectivity index (χ0n) is 17.9. The van der Waals surface area contributed by atoms with Crippen LogP contribution >= 0.6 is 11.6 Å². The van der Waals surface area contributed by atoms with Gasteiger partial charge in [0.1, 0.15) is 6.54 Å². The smallest absolute Gasteiger partial charge is 0.290 e. The van der Waals surface area contributed by atoms with Crippen LogP contribution in [0.25, 0.3) is 0 Å². The van der Waals surface area contributed by atoms with Gasteiger partial charge >= 0.3 is 0 Å². The summed E-state index contributed by atoms with van der Waals surface area (Å²) in [6.07, 6.45) is 3.49. The molecule has 0 radical (unpaired) electrons. The largest absolute Gasteiger partial charge is 0.459 e. The van der Waals surface area contributed by atoms with Crippen molar-refractivity contribution in [1.82, 2.24) is 14.4 Å². The fraction of sp³-hybridized carbons (Fsp3) is 0.333. The standard InChI is InChI=1S/C24H26ClN3O3/c1-24(2,3)28(23(30)20-7-5-15-31-20)16-21(29)27-14-13-26-12-4-6-19(26)22(27)17-8-10-18(25)11-9-17/h4-12,15,22H,13-14,16H2,1-3H3. The third kappa shape index (κ3) is 4.26. The van der Waals surface area contributed by atoms with Gasteiger partial charge in [-0.2, -0.15) is 0 Å². The maximum Gasteiger partial charge on any atom is 0.290 e. The molecular formula is C24H26ClN3O3. The normalized spacial score (nSPS) is 16.1. The number of hydrogen-bond donors (Lipinski definition) is 0. The fourth-order valence-corrected chi connectivity index (χ4v) is 4.15. The lowest BCUT2D eigenvalue weighted by Crippen LogP contribution is -2.53. The molecule has 4 rings (SSSR count). The lowest BCUT2D eigenvalue weighted by molar-refractivity contribution is -0.135. The van der Waals surface area contributed by atoms with Gasteiger partial charge in [0.25, 0.3) is 5.91 Å². The number of nitrogens with zero attached hydrogens (tertiary/aromatic N) is 3. The van der Waals surface area contributed by atoms with Crippen LogP contribution in [0.5, 0.6) is 0 Å². The summed E-state index contributed by atoms with van der Waals surface area (Å²) in [5, 5.41) is 0.649. The van der Waals surface area contributed by atoms with Gasteiger partial charge in [-0.1, -0.05) is 23.7 Å². The Labute approximate surface area is 187 Å². The summed E-state index contributed by atoms with van der Waals surface area (Å²) in [5.41, 5.74) is 1.48. The quantitative estimate of drug-likeness (QED) is 0.596. The molecule has 0 saturated heterocycles. The molecule has 162 valence electrons. The fourth-order valence-electron chi connectivity index (χ4n) is 4.02. The van der Waals surface area contributed by atoms with Crippen molar-refractivity contribution in [2.24, 2.45) is 0 Å². The Morgan fingerprint density at radius 3 is 2.48 bits per heavy atom. The van der Waals surface area contributed by atoms with Gasteiger partial charge in [-0.05, 0) is 62.7 Å². The number of halogens is 1. The number of carbonyl (C=O) groups is 2. The van der Waals surface area contributed by atoms with Gasteiger partial charge in [-0.25, -0.2) is 0 Å². The van der Waals surface area contributed by atoms with Crippen LogP contribution in [0.3, 0.4) is 0 Å². The average Bonchev–Trinajstić information content (AvgIpc) is 3.42. The summed E-state index contributed by atoms with van der Waals surface area (Å²) >= 11 is 6.09. The van der Waals surface area contributed by atoms with E-state index in [1.807, 2.05) is 68.3 Å². The summed E-state index contributed by atoms with van der Waals surface area (Å²) in [6.45, 7) is 6.98. The molecule has 1 unspecified atom stereocenters. The number of amides is 2. The first kappa shape index (κ1) is 21.2. The van der Waals surface area contributed by atoms with Crippen LogP contribution in [-0.2, 0) is 11.3 Å². The van der Waals surface area contributed by atoms with E-state index in [0.717, 1.165) is 11.3 Å². The van der Waals surface area contributed by atoms with Gasteiger partial charge in [0.15, 0.2) is 5.76 Å². The molecule has 6 nitrogen and oxygen atoms in total. The highest BCUT2D eigenvalue weighted by atomic mass is 35.5. The minimum absolute atomic E-state index is 0.0339. The van der Waals surface area contributed by atoms with Gasteiger partial charge in [-0.3, -0.25) is 9.59 Å². The Kier molecular flexibility index (Phi) is 5.67. The molecule has 7 heteroatoms. The number of rotatable bonds is 4. The second-order valence-electron chi connectivity index (χ2n) is 8.71. The monoisotopic (exact) mass is 439 g/mol. The molecule has 2 aromatic heterocycles. The van der Waals surface area contributed by atoms with E-state index in [-0.39, 0.29) is 30.2 Å². The molecule has 3 heterocycles. The molecule has 1 aliphatic heterocycles. The number of furan rings is 1. The predicted octanol–water partition coefficient (Wildman–Crippen LogP) is 4.61. The van der Waals surface area contributed by atoms with Crippen molar-refractivity contribution < 1.29 is 14.0 Å². The van der Waals surface area contributed by atoms with Crippen molar-refractivity contribution in [2.75, 3.05) is 13.1 Å². The maximum atomic E-state index is 13.6. The maximum absolute atomic E-state index is 13.6. The topological polar surface area (TPSA) is 58.7 Å². The molecule has 1 aliphatic rings. The van der Waals surface area contributed by atoms with E-state index in [1.165, 1.54) is 6.26 Å². The zero-order chi connectivity index (χ0) is 22.2. The molecule has 0 fully saturated rings. The second-order valence-corrected chi connectivity index (χ2v) is 9.14. The summed E-state index contributed by atoms with van der Waals surface area (Å²) < 4.78 is 7.47. The highest BCUT2D eigenvalue weighted by Gasteiger charge is 2.36. The molecule has 0 bridgehead atoms. The van der Waals surface area contributed by atoms with E-state index in [9.17, 15) is 9.59 Å². The first-order chi connectivity index (χ1) is 14.8. The Morgan fingerprint density at radius 1 is 1.10 bits per heavy atom. The Hall–Kier alpha value is -2.99. The SMILES string of the molecule is CC(C)(C)N(CC(=O)N1CCn2cccc2C1c1ccc(Cl)cc1)C(=O)c1ccco1. The minimum atomic E-state index is -0.550. The van der Waals surface area contributed by atoms with E-state index in [0.29, 0.717) is 18.1 Å². The van der Waals surface area contributed by atoms with Crippen LogP contribution in [0.15, 0.2) is 65.4 Å². The molecular weight excluding hydrogens is 414 g/mol. The highest BCUT2D eigenvalue weighted by Crippen LogP contribution is 2.33. The van der Waals surface area contributed by atoms with Crippen LogP contribution in [0.1, 0.15) is 48.6 Å². The Balaban J connectivity index is 1.65. The number of benzene rings is 1. The van der Waals surface area contributed by atoms with Gasteiger partial charge in [0.2, 0.25) is 5.91 Å². The molecule has 3 aromatic rings. The van der Waals surface area contributed by atoms with Crippen molar-refractivity contribution in [3.05, 3.63) is 83.0 Å².